The summed E-state index contributed by atoms with van der Waals surface area (Å²) < 4.78 is 7.32. The lowest BCUT2D eigenvalue weighted by Crippen LogP contribution is -2.34. The Hall–Kier alpha value is -2.57. The summed E-state index contributed by atoms with van der Waals surface area (Å²) in [6.07, 6.45) is 1.96. The molecule has 0 atom stereocenters. The SMILES string of the molecule is O=c1[nH]c(=O)n(COCc2ccccc2)c(Sc2ccccc2)c1C1CC1. The second-order valence-electron chi connectivity index (χ2n) is 6.56. The quantitative estimate of drug-likeness (QED) is 0.634. The molecule has 1 aliphatic carbocycles. The first-order chi connectivity index (χ1) is 13.2. The highest BCUT2D eigenvalue weighted by molar-refractivity contribution is 7.99. The molecule has 1 aliphatic rings. The van der Waals surface area contributed by atoms with Crippen LogP contribution in [0, 0.1) is 0 Å². The molecular weight excluding hydrogens is 360 g/mol. The molecule has 1 N–H and O–H groups in total. The highest BCUT2D eigenvalue weighted by atomic mass is 32.2. The van der Waals surface area contributed by atoms with Crippen molar-refractivity contribution in [2.75, 3.05) is 0 Å². The Kier molecular flexibility index (Phi) is 5.27. The molecule has 6 heteroatoms. The molecule has 0 bridgehead atoms. The Bertz CT molecular complexity index is 1020. The van der Waals surface area contributed by atoms with E-state index in [0.717, 1.165) is 23.3 Å². The molecule has 4 rings (SSSR count). The molecular formula is C21H20N2O3S. The van der Waals surface area contributed by atoms with E-state index in [9.17, 15) is 9.59 Å². The molecule has 5 nitrogen and oxygen atoms in total. The first-order valence-electron chi connectivity index (χ1n) is 8.94. The van der Waals surface area contributed by atoms with Crippen molar-refractivity contribution in [2.45, 2.75) is 42.0 Å². The minimum absolute atomic E-state index is 0.0966. The normalized spacial score (nSPS) is 13.6. The highest BCUT2D eigenvalue weighted by Crippen LogP contribution is 2.43. The minimum Gasteiger partial charge on any atom is -0.356 e. The molecule has 0 spiro atoms. The average Bonchev–Trinajstić information content (AvgIpc) is 3.51. The summed E-state index contributed by atoms with van der Waals surface area (Å²) in [6, 6.07) is 19.6. The topological polar surface area (TPSA) is 64.1 Å². The number of aromatic amines is 1. The molecule has 0 saturated heterocycles. The van der Waals surface area contributed by atoms with Crippen LogP contribution in [0.1, 0.15) is 29.9 Å². The van der Waals surface area contributed by atoms with Gasteiger partial charge in [0.15, 0.2) is 0 Å². The lowest BCUT2D eigenvalue weighted by atomic mass is 10.2. The molecule has 2 aromatic carbocycles. The van der Waals surface area contributed by atoms with Crippen LogP contribution in [0.2, 0.25) is 0 Å². The molecule has 0 amide bonds. The van der Waals surface area contributed by atoms with Crippen LogP contribution >= 0.6 is 11.8 Å². The molecule has 0 radical (unpaired) electrons. The lowest BCUT2D eigenvalue weighted by molar-refractivity contribution is 0.0550. The van der Waals surface area contributed by atoms with Crippen LogP contribution in [-0.2, 0) is 18.1 Å². The summed E-state index contributed by atoms with van der Waals surface area (Å²) in [5.74, 6) is 0.223. The maximum absolute atomic E-state index is 12.5. The number of hydrogen-bond donors (Lipinski definition) is 1. The molecule has 1 aromatic heterocycles. The van der Waals surface area contributed by atoms with Crippen molar-refractivity contribution in [3.05, 3.63) is 92.6 Å². The number of aromatic nitrogens is 2. The smallest absolute Gasteiger partial charge is 0.331 e. The van der Waals surface area contributed by atoms with Crippen molar-refractivity contribution >= 4 is 11.8 Å². The molecule has 0 unspecified atom stereocenters. The van der Waals surface area contributed by atoms with Gasteiger partial charge in [-0.05, 0) is 36.5 Å². The van der Waals surface area contributed by atoms with Crippen LogP contribution in [0.25, 0.3) is 0 Å². The van der Waals surface area contributed by atoms with Crippen molar-refractivity contribution in [1.29, 1.82) is 0 Å². The number of rotatable bonds is 7. The highest BCUT2D eigenvalue weighted by Gasteiger charge is 2.31. The van der Waals surface area contributed by atoms with Gasteiger partial charge in [0.1, 0.15) is 6.73 Å². The van der Waals surface area contributed by atoms with E-state index in [-0.39, 0.29) is 18.2 Å². The molecule has 1 fully saturated rings. The number of benzene rings is 2. The Labute approximate surface area is 161 Å². The van der Waals surface area contributed by atoms with Crippen LogP contribution < -0.4 is 11.2 Å². The van der Waals surface area contributed by atoms with Crippen molar-refractivity contribution < 1.29 is 4.74 Å². The van der Waals surface area contributed by atoms with Crippen LogP contribution in [0.4, 0.5) is 0 Å². The van der Waals surface area contributed by atoms with Crippen LogP contribution in [0.15, 0.2) is 80.2 Å². The Morgan fingerprint density at radius 2 is 1.67 bits per heavy atom. The Morgan fingerprint density at radius 1 is 1.00 bits per heavy atom. The molecule has 138 valence electrons. The predicted octanol–water partition coefficient (Wildman–Crippen LogP) is 3.74. The van der Waals surface area contributed by atoms with Gasteiger partial charge in [-0.25, -0.2) is 4.79 Å². The fourth-order valence-corrected chi connectivity index (χ4v) is 4.09. The van der Waals surface area contributed by atoms with E-state index in [2.05, 4.69) is 4.98 Å². The zero-order valence-corrected chi connectivity index (χ0v) is 15.6. The predicted molar refractivity (Wildman–Crippen MR) is 105 cm³/mol. The van der Waals surface area contributed by atoms with Gasteiger partial charge in [-0.2, -0.15) is 0 Å². The van der Waals surface area contributed by atoms with Gasteiger partial charge in [0.05, 0.1) is 17.2 Å². The van der Waals surface area contributed by atoms with Crippen molar-refractivity contribution in [3.63, 3.8) is 0 Å². The zero-order valence-electron chi connectivity index (χ0n) is 14.8. The third-order valence-corrected chi connectivity index (χ3v) is 5.60. The first kappa shape index (κ1) is 17.8. The van der Waals surface area contributed by atoms with E-state index < -0.39 is 5.69 Å². The van der Waals surface area contributed by atoms with Gasteiger partial charge in [-0.1, -0.05) is 60.3 Å². The number of nitrogens with zero attached hydrogens (tertiary/aromatic N) is 1. The fourth-order valence-electron chi connectivity index (χ4n) is 2.96. The summed E-state index contributed by atoms with van der Waals surface area (Å²) in [4.78, 5) is 28.4. The summed E-state index contributed by atoms with van der Waals surface area (Å²) in [6.45, 7) is 0.500. The Morgan fingerprint density at radius 3 is 2.33 bits per heavy atom. The second-order valence-corrected chi connectivity index (χ2v) is 7.62. The molecule has 1 heterocycles. The van der Waals surface area contributed by atoms with Gasteiger partial charge in [0.2, 0.25) is 0 Å². The molecule has 27 heavy (non-hydrogen) atoms. The largest absolute Gasteiger partial charge is 0.356 e. The van der Waals surface area contributed by atoms with Gasteiger partial charge < -0.3 is 4.74 Å². The maximum atomic E-state index is 12.5. The number of hydrogen-bond acceptors (Lipinski definition) is 4. The van der Waals surface area contributed by atoms with Gasteiger partial charge in [-0.15, -0.1) is 0 Å². The van der Waals surface area contributed by atoms with Gasteiger partial charge in [0.25, 0.3) is 5.56 Å². The number of ether oxygens (including phenoxy) is 1. The molecule has 0 aliphatic heterocycles. The fraction of sp³-hybridized carbons (Fsp3) is 0.238. The van der Waals surface area contributed by atoms with E-state index in [4.69, 9.17) is 4.74 Å². The Balaban J connectivity index is 1.65. The standard InChI is InChI=1S/C21H20N2O3S/c24-19-18(16-11-12-16)20(27-17-9-5-2-6-10-17)23(21(25)22-19)14-26-13-15-7-3-1-4-8-15/h1-10,16H,11-14H2,(H,22,24,25). The van der Waals surface area contributed by atoms with Gasteiger partial charge in [0, 0.05) is 4.90 Å². The third-order valence-electron chi connectivity index (χ3n) is 4.46. The number of nitrogens with one attached hydrogen (secondary N) is 1. The number of H-pyrrole nitrogens is 1. The van der Waals surface area contributed by atoms with E-state index in [1.165, 1.54) is 16.3 Å². The van der Waals surface area contributed by atoms with E-state index in [1.54, 1.807) is 0 Å². The summed E-state index contributed by atoms with van der Waals surface area (Å²) in [5.41, 5.74) is 1.03. The van der Waals surface area contributed by atoms with Crippen LogP contribution in [-0.4, -0.2) is 9.55 Å². The molecule has 1 saturated carbocycles. The monoisotopic (exact) mass is 380 g/mol. The maximum Gasteiger partial charge on any atom is 0.331 e. The van der Waals surface area contributed by atoms with Crippen molar-refractivity contribution in [3.8, 4) is 0 Å². The first-order valence-corrected chi connectivity index (χ1v) is 9.75. The summed E-state index contributed by atoms with van der Waals surface area (Å²) in [7, 11) is 0. The van der Waals surface area contributed by atoms with Crippen molar-refractivity contribution in [1.82, 2.24) is 9.55 Å². The lowest BCUT2D eigenvalue weighted by Gasteiger charge is -2.16. The molecule has 3 aromatic rings. The van der Waals surface area contributed by atoms with Crippen molar-refractivity contribution in [2.24, 2.45) is 0 Å². The van der Waals surface area contributed by atoms with E-state index in [0.29, 0.717) is 17.2 Å². The summed E-state index contributed by atoms with van der Waals surface area (Å²) in [5, 5.41) is 0.686. The van der Waals surface area contributed by atoms with Gasteiger partial charge in [-0.3, -0.25) is 14.3 Å². The second kappa shape index (κ2) is 7.98. The average molecular weight is 380 g/mol. The van der Waals surface area contributed by atoms with Gasteiger partial charge >= 0.3 is 5.69 Å². The zero-order chi connectivity index (χ0) is 18.6. The summed E-state index contributed by atoms with van der Waals surface area (Å²) >= 11 is 1.45. The van der Waals surface area contributed by atoms with E-state index >= 15 is 0 Å². The minimum atomic E-state index is -0.434. The van der Waals surface area contributed by atoms with Crippen LogP contribution in [0.5, 0.6) is 0 Å². The van der Waals surface area contributed by atoms with E-state index in [1.807, 2.05) is 60.7 Å². The third kappa shape index (κ3) is 4.23. The van der Waals surface area contributed by atoms with Crippen LogP contribution in [0.3, 0.4) is 0 Å².